The second-order valence-electron chi connectivity index (χ2n) is 3.49. The van der Waals surface area contributed by atoms with Crippen LogP contribution in [0.1, 0.15) is 31.5 Å². The van der Waals surface area contributed by atoms with Gasteiger partial charge in [0.15, 0.2) is 0 Å². The molecule has 0 aliphatic carbocycles. The molecule has 1 unspecified atom stereocenters. The molecule has 15 heavy (non-hydrogen) atoms. The van der Waals surface area contributed by atoms with Crippen molar-refractivity contribution in [1.82, 2.24) is 9.78 Å². The number of rotatable bonds is 6. The van der Waals surface area contributed by atoms with Crippen LogP contribution in [0.2, 0.25) is 0 Å². The highest BCUT2D eigenvalue weighted by molar-refractivity contribution is 9.10. The SMILES string of the molecule is CCCn1ncc(Br)c1C(N)CCOC. The van der Waals surface area contributed by atoms with Crippen molar-refractivity contribution in [3.63, 3.8) is 0 Å². The fraction of sp³-hybridized carbons (Fsp3) is 0.700. The summed E-state index contributed by atoms with van der Waals surface area (Å²) in [6.45, 7) is 3.70. The van der Waals surface area contributed by atoms with E-state index in [1.54, 1.807) is 13.3 Å². The predicted molar refractivity (Wildman–Crippen MR) is 63.6 cm³/mol. The molecular weight excluding hydrogens is 258 g/mol. The molecule has 0 spiro atoms. The van der Waals surface area contributed by atoms with Crippen molar-refractivity contribution >= 4 is 15.9 Å². The van der Waals surface area contributed by atoms with Gasteiger partial charge in [-0.1, -0.05) is 6.92 Å². The van der Waals surface area contributed by atoms with E-state index in [1.807, 2.05) is 4.68 Å². The quantitative estimate of drug-likeness (QED) is 0.865. The van der Waals surface area contributed by atoms with E-state index >= 15 is 0 Å². The van der Waals surface area contributed by atoms with Gasteiger partial charge in [-0.15, -0.1) is 0 Å². The summed E-state index contributed by atoms with van der Waals surface area (Å²) >= 11 is 3.48. The Morgan fingerprint density at radius 3 is 3.00 bits per heavy atom. The number of hydrogen-bond acceptors (Lipinski definition) is 3. The average Bonchev–Trinajstić information content (AvgIpc) is 2.57. The van der Waals surface area contributed by atoms with Crippen molar-refractivity contribution < 1.29 is 4.74 Å². The zero-order chi connectivity index (χ0) is 11.3. The fourth-order valence-electron chi connectivity index (χ4n) is 1.51. The molecule has 1 heterocycles. The van der Waals surface area contributed by atoms with Gasteiger partial charge in [0.25, 0.3) is 0 Å². The predicted octanol–water partition coefficient (Wildman–Crippen LogP) is 2.09. The van der Waals surface area contributed by atoms with E-state index in [0.29, 0.717) is 6.61 Å². The summed E-state index contributed by atoms with van der Waals surface area (Å²) in [7, 11) is 1.69. The molecule has 1 aromatic heterocycles. The number of aromatic nitrogens is 2. The first kappa shape index (κ1) is 12.7. The van der Waals surface area contributed by atoms with E-state index < -0.39 is 0 Å². The number of halogens is 1. The Kier molecular flexibility index (Phi) is 5.28. The van der Waals surface area contributed by atoms with Crippen LogP contribution in [0.3, 0.4) is 0 Å². The highest BCUT2D eigenvalue weighted by Gasteiger charge is 2.15. The molecule has 0 aliphatic heterocycles. The maximum absolute atomic E-state index is 6.09. The smallest absolute Gasteiger partial charge is 0.0694 e. The number of methoxy groups -OCH3 is 1. The number of nitrogens with two attached hydrogens (primary N) is 1. The third-order valence-electron chi connectivity index (χ3n) is 2.25. The highest BCUT2D eigenvalue weighted by atomic mass is 79.9. The van der Waals surface area contributed by atoms with Crippen molar-refractivity contribution in [3.8, 4) is 0 Å². The van der Waals surface area contributed by atoms with Gasteiger partial charge >= 0.3 is 0 Å². The van der Waals surface area contributed by atoms with Gasteiger partial charge < -0.3 is 10.5 Å². The number of hydrogen-bond donors (Lipinski definition) is 1. The third kappa shape index (κ3) is 3.29. The van der Waals surface area contributed by atoms with E-state index in [1.165, 1.54) is 0 Å². The molecule has 2 N–H and O–H groups in total. The van der Waals surface area contributed by atoms with Crippen molar-refractivity contribution in [2.24, 2.45) is 5.73 Å². The van der Waals surface area contributed by atoms with Crippen molar-refractivity contribution in [3.05, 3.63) is 16.4 Å². The minimum Gasteiger partial charge on any atom is -0.385 e. The second-order valence-corrected chi connectivity index (χ2v) is 4.34. The van der Waals surface area contributed by atoms with E-state index in [0.717, 1.165) is 29.6 Å². The van der Waals surface area contributed by atoms with Crippen LogP contribution in [-0.2, 0) is 11.3 Å². The Hall–Kier alpha value is -0.390. The molecule has 0 aliphatic rings. The minimum absolute atomic E-state index is 0.0200. The molecule has 5 heteroatoms. The molecule has 1 atom stereocenters. The second kappa shape index (κ2) is 6.25. The topological polar surface area (TPSA) is 53.1 Å². The Bertz CT molecular complexity index is 301. The molecule has 1 aromatic rings. The van der Waals surface area contributed by atoms with Gasteiger partial charge in [0.1, 0.15) is 0 Å². The molecular formula is C10H18BrN3O. The summed E-state index contributed by atoms with van der Waals surface area (Å²) < 4.78 is 7.97. The lowest BCUT2D eigenvalue weighted by Crippen LogP contribution is -2.18. The Balaban J connectivity index is 2.75. The molecule has 1 rings (SSSR count). The zero-order valence-electron chi connectivity index (χ0n) is 9.24. The van der Waals surface area contributed by atoms with Crippen LogP contribution in [0.5, 0.6) is 0 Å². The monoisotopic (exact) mass is 275 g/mol. The molecule has 4 nitrogen and oxygen atoms in total. The van der Waals surface area contributed by atoms with Crippen LogP contribution < -0.4 is 5.73 Å². The van der Waals surface area contributed by atoms with Gasteiger partial charge in [0.05, 0.1) is 22.4 Å². The van der Waals surface area contributed by atoms with Crippen molar-refractivity contribution in [2.75, 3.05) is 13.7 Å². The minimum atomic E-state index is -0.0200. The molecule has 0 saturated carbocycles. The largest absolute Gasteiger partial charge is 0.385 e. The zero-order valence-corrected chi connectivity index (χ0v) is 10.8. The molecule has 0 fully saturated rings. The van der Waals surface area contributed by atoms with Crippen LogP contribution in [0.25, 0.3) is 0 Å². The van der Waals surface area contributed by atoms with E-state index in [9.17, 15) is 0 Å². The van der Waals surface area contributed by atoms with Gasteiger partial charge in [-0.3, -0.25) is 4.68 Å². The fourth-order valence-corrected chi connectivity index (χ4v) is 2.10. The van der Waals surface area contributed by atoms with Gasteiger partial charge in [-0.05, 0) is 28.8 Å². The normalized spacial score (nSPS) is 13.1. The first-order valence-corrected chi connectivity index (χ1v) is 5.95. The van der Waals surface area contributed by atoms with E-state index in [-0.39, 0.29) is 6.04 Å². The molecule has 86 valence electrons. The summed E-state index contributed by atoms with van der Waals surface area (Å²) in [5.74, 6) is 0. The molecule has 0 saturated heterocycles. The van der Waals surface area contributed by atoms with Crippen molar-refractivity contribution in [2.45, 2.75) is 32.4 Å². The van der Waals surface area contributed by atoms with E-state index in [4.69, 9.17) is 10.5 Å². The standard InChI is InChI=1S/C10H18BrN3O/c1-3-5-14-10(8(11)7-13-14)9(12)4-6-15-2/h7,9H,3-6,12H2,1-2H3. The molecule has 0 radical (unpaired) electrons. The van der Waals surface area contributed by atoms with Gasteiger partial charge in [-0.2, -0.15) is 5.10 Å². The lowest BCUT2D eigenvalue weighted by Gasteiger charge is -2.14. The van der Waals surface area contributed by atoms with Gasteiger partial charge in [0.2, 0.25) is 0 Å². The van der Waals surface area contributed by atoms with Crippen LogP contribution in [0.4, 0.5) is 0 Å². The van der Waals surface area contributed by atoms with Gasteiger partial charge in [0, 0.05) is 20.3 Å². The molecule has 0 amide bonds. The lowest BCUT2D eigenvalue weighted by atomic mass is 10.1. The Morgan fingerprint density at radius 1 is 1.67 bits per heavy atom. The number of aryl methyl sites for hydroxylation is 1. The summed E-state index contributed by atoms with van der Waals surface area (Å²) in [5.41, 5.74) is 7.15. The maximum Gasteiger partial charge on any atom is 0.0694 e. The molecule has 0 bridgehead atoms. The van der Waals surface area contributed by atoms with Crippen LogP contribution in [-0.4, -0.2) is 23.5 Å². The average molecular weight is 276 g/mol. The summed E-state index contributed by atoms with van der Waals surface area (Å²) in [6, 6.07) is -0.0200. The number of nitrogens with zero attached hydrogens (tertiary/aromatic N) is 2. The lowest BCUT2D eigenvalue weighted by molar-refractivity contribution is 0.187. The Labute approximate surface area is 98.9 Å². The molecule has 0 aromatic carbocycles. The van der Waals surface area contributed by atoms with Crippen LogP contribution in [0.15, 0.2) is 10.7 Å². The van der Waals surface area contributed by atoms with Crippen LogP contribution >= 0.6 is 15.9 Å². The van der Waals surface area contributed by atoms with Crippen LogP contribution in [0, 0.1) is 0 Å². The summed E-state index contributed by atoms with van der Waals surface area (Å²) in [6.07, 6.45) is 3.67. The summed E-state index contributed by atoms with van der Waals surface area (Å²) in [4.78, 5) is 0. The highest BCUT2D eigenvalue weighted by Crippen LogP contribution is 2.24. The first-order chi connectivity index (χ1) is 7.20. The van der Waals surface area contributed by atoms with Crippen molar-refractivity contribution in [1.29, 1.82) is 0 Å². The Morgan fingerprint density at radius 2 is 2.40 bits per heavy atom. The first-order valence-electron chi connectivity index (χ1n) is 5.16. The number of ether oxygens (including phenoxy) is 1. The third-order valence-corrected chi connectivity index (χ3v) is 2.86. The summed E-state index contributed by atoms with van der Waals surface area (Å²) in [5, 5.41) is 4.28. The van der Waals surface area contributed by atoms with E-state index in [2.05, 4.69) is 28.0 Å². The maximum atomic E-state index is 6.09. The van der Waals surface area contributed by atoms with Gasteiger partial charge in [-0.25, -0.2) is 0 Å².